The number of alkyl halides is 3. The molecule has 2 rings (SSSR count). The number of nitrogens with zero attached hydrogens (tertiary/aromatic N) is 4. The van der Waals surface area contributed by atoms with E-state index >= 15 is 0 Å². The lowest BCUT2D eigenvalue weighted by Gasteiger charge is -2.26. The van der Waals surface area contributed by atoms with Crippen LogP contribution in [-0.2, 0) is 6.54 Å². The number of halogens is 4. The Morgan fingerprint density at radius 2 is 2.17 bits per heavy atom. The van der Waals surface area contributed by atoms with Crippen molar-refractivity contribution in [2.75, 3.05) is 39.8 Å². The van der Waals surface area contributed by atoms with Gasteiger partial charge in [0.2, 0.25) is 0 Å². The van der Waals surface area contributed by atoms with Gasteiger partial charge in [-0.1, -0.05) is 19.1 Å². The van der Waals surface area contributed by atoms with Crippen LogP contribution in [0.15, 0.2) is 29.3 Å². The van der Waals surface area contributed by atoms with Crippen LogP contribution in [0.1, 0.15) is 18.9 Å². The van der Waals surface area contributed by atoms with E-state index in [2.05, 4.69) is 10.3 Å². The van der Waals surface area contributed by atoms with E-state index in [1.165, 1.54) is 17.0 Å². The van der Waals surface area contributed by atoms with Crippen LogP contribution in [0.25, 0.3) is 0 Å². The molecule has 0 radical (unpaired) electrons. The van der Waals surface area contributed by atoms with Gasteiger partial charge < -0.3 is 10.2 Å². The van der Waals surface area contributed by atoms with Gasteiger partial charge in [-0.25, -0.2) is 0 Å². The van der Waals surface area contributed by atoms with Crippen LogP contribution >= 0.6 is 24.0 Å². The lowest BCUT2D eigenvalue weighted by atomic mass is 10.1. The monoisotopic (exact) mass is 529 g/mol. The molecule has 1 fully saturated rings. The zero-order chi connectivity index (χ0) is 20.7. The topological polar surface area (TPSA) is 74.0 Å². The highest BCUT2D eigenvalue weighted by molar-refractivity contribution is 14.0. The molecule has 0 amide bonds. The van der Waals surface area contributed by atoms with Gasteiger partial charge in [-0.05, 0) is 24.4 Å². The number of aliphatic imine (C=N–C) groups is 1. The number of nitrogens with one attached hydrogen (secondary N) is 1. The molecule has 0 saturated carbocycles. The highest BCUT2D eigenvalue weighted by Crippen LogP contribution is 2.21. The van der Waals surface area contributed by atoms with E-state index in [-0.39, 0.29) is 35.6 Å². The fraction of sp³-hybridized carbons (Fsp3) is 0.611. The summed E-state index contributed by atoms with van der Waals surface area (Å²) >= 11 is 0. The summed E-state index contributed by atoms with van der Waals surface area (Å²) in [5.74, 6) is 0.784. The molecule has 1 aromatic carbocycles. The Kier molecular flexibility index (Phi) is 10.1. The Labute approximate surface area is 185 Å². The number of benzene rings is 1. The lowest BCUT2D eigenvalue weighted by molar-refractivity contribution is -0.384. The zero-order valence-corrected chi connectivity index (χ0v) is 18.8. The van der Waals surface area contributed by atoms with Crippen molar-refractivity contribution in [1.82, 2.24) is 15.1 Å². The normalized spacial score (nSPS) is 17.4. The van der Waals surface area contributed by atoms with Gasteiger partial charge in [0.05, 0.1) is 11.5 Å². The molecule has 0 aromatic heterocycles. The Morgan fingerprint density at radius 1 is 1.45 bits per heavy atom. The van der Waals surface area contributed by atoms with Gasteiger partial charge in [0, 0.05) is 45.4 Å². The summed E-state index contributed by atoms with van der Waals surface area (Å²) in [5, 5.41) is 14.1. The predicted octanol–water partition coefficient (Wildman–Crippen LogP) is 3.49. The van der Waals surface area contributed by atoms with Gasteiger partial charge in [0.25, 0.3) is 5.69 Å². The first kappa shape index (κ1) is 25.4. The molecule has 1 N–H and O–H groups in total. The quantitative estimate of drug-likeness (QED) is 0.193. The van der Waals surface area contributed by atoms with Crippen molar-refractivity contribution in [1.29, 1.82) is 0 Å². The molecule has 0 aliphatic carbocycles. The highest BCUT2D eigenvalue weighted by Gasteiger charge is 2.33. The van der Waals surface area contributed by atoms with Crippen LogP contribution in [0.2, 0.25) is 0 Å². The minimum Gasteiger partial charge on any atom is -0.352 e. The van der Waals surface area contributed by atoms with Gasteiger partial charge in [-0.2, -0.15) is 13.2 Å². The van der Waals surface area contributed by atoms with E-state index in [0.29, 0.717) is 38.7 Å². The van der Waals surface area contributed by atoms with Gasteiger partial charge in [0.15, 0.2) is 5.96 Å². The number of guanidine groups is 1. The summed E-state index contributed by atoms with van der Waals surface area (Å²) in [4.78, 5) is 18.1. The standard InChI is InChI=1S/C18H26F3N5O2.HI/c1-3-24(13-18(19,20)21)11-15-7-8-25(12-15)17(22-2)23-10-14-5-4-6-16(9-14)26(27)28;/h4-6,9,15H,3,7-8,10-13H2,1-2H3,(H,22,23);1H. The fourth-order valence-electron chi connectivity index (χ4n) is 3.39. The van der Waals surface area contributed by atoms with Crippen molar-refractivity contribution in [2.45, 2.75) is 26.1 Å². The van der Waals surface area contributed by atoms with E-state index in [0.717, 1.165) is 12.0 Å². The Balaban J connectivity index is 0.00000420. The van der Waals surface area contributed by atoms with Crippen LogP contribution in [0.4, 0.5) is 18.9 Å². The third-order valence-corrected chi connectivity index (χ3v) is 4.74. The van der Waals surface area contributed by atoms with E-state index in [1.54, 1.807) is 26.1 Å². The van der Waals surface area contributed by atoms with Crippen molar-refractivity contribution in [2.24, 2.45) is 10.9 Å². The molecule has 7 nitrogen and oxygen atoms in total. The zero-order valence-electron chi connectivity index (χ0n) is 16.5. The molecular weight excluding hydrogens is 502 g/mol. The van der Waals surface area contributed by atoms with E-state index < -0.39 is 17.6 Å². The lowest BCUT2D eigenvalue weighted by Crippen LogP contribution is -2.41. The van der Waals surface area contributed by atoms with E-state index in [1.807, 2.05) is 4.90 Å². The summed E-state index contributed by atoms with van der Waals surface area (Å²) in [5.41, 5.74) is 0.785. The second kappa shape index (κ2) is 11.5. The summed E-state index contributed by atoms with van der Waals surface area (Å²) in [6.07, 6.45) is -3.39. The maximum absolute atomic E-state index is 12.6. The molecule has 1 heterocycles. The molecule has 1 aliphatic rings. The third-order valence-electron chi connectivity index (χ3n) is 4.74. The average molecular weight is 529 g/mol. The largest absolute Gasteiger partial charge is 0.401 e. The summed E-state index contributed by atoms with van der Waals surface area (Å²) < 4.78 is 37.9. The molecule has 0 spiro atoms. The van der Waals surface area contributed by atoms with E-state index in [9.17, 15) is 23.3 Å². The van der Waals surface area contributed by atoms with Gasteiger partial charge >= 0.3 is 6.18 Å². The molecule has 29 heavy (non-hydrogen) atoms. The third kappa shape index (κ3) is 8.33. The molecule has 1 unspecified atom stereocenters. The van der Waals surface area contributed by atoms with Crippen molar-refractivity contribution in [3.05, 3.63) is 39.9 Å². The molecule has 1 aliphatic heterocycles. The highest BCUT2D eigenvalue weighted by atomic mass is 127. The predicted molar refractivity (Wildman–Crippen MR) is 117 cm³/mol. The minimum absolute atomic E-state index is 0. The van der Waals surface area contributed by atoms with Crippen LogP contribution in [0.3, 0.4) is 0 Å². The van der Waals surface area contributed by atoms with Crippen LogP contribution in [0, 0.1) is 16.0 Å². The molecule has 11 heteroatoms. The molecule has 1 saturated heterocycles. The Hall–Kier alpha value is -1.63. The SMILES string of the molecule is CCN(CC1CCN(C(=NC)NCc2cccc([N+](=O)[O-])c2)C1)CC(F)(F)F.I. The van der Waals surface area contributed by atoms with Gasteiger partial charge in [-0.15, -0.1) is 24.0 Å². The first-order chi connectivity index (χ1) is 13.2. The molecule has 1 atom stereocenters. The molecule has 164 valence electrons. The van der Waals surface area contributed by atoms with Crippen molar-refractivity contribution < 1.29 is 18.1 Å². The van der Waals surface area contributed by atoms with Gasteiger partial charge in [0.1, 0.15) is 0 Å². The van der Waals surface area contributed by atoms with Crippen molar-refractivity contribution >= 4 is 35.6 Å². The maximum Gasteiger partial charge on any atom is 0.401 e. The van der Waals surface area contributed by atoms with Crippen LogP contribution in [-0.4, -0.2) is 66.6 Å². The van der Waals surface area contributed by atoms with Crippen LogP contribution in [0.5, 0.6) is 0 Å². The fourth-order valence-corrected chi connectivity index (χ4v) is 3.39. The van der Waals surface area contributed by atoms with Gasteiger partial charge in [-0.3, -0.25) is 20.0 Å². The molecular formula is C18H27F3IN5O2. The number of likely N-dealkylation sites (tertiary alicyclic amines) is 1. The second-order valence-electron chi connectivity index (χ2n) is 6.87. The number of nitro benzene ring substituents is 1. The Morgan fingerprint density at radius 3 is 2.76 bits per heavy atom. The first-order valence-electron chi connectivity index (χ1n) is 9.20. The van der Waals surface area contributed by atoms with Crippen LogP contribution < -0.4 is 5.32 Å². The number of hydrogen-bond donors (Lipinski definition) is 1. The second-order valence-corrected chi connectivity index (χ2v) is 6.87. The average Bonchev–Trinajstić information content (AvgIpc) is 3.09. The van der Waals surface area contributed by atoms with Crippen molar-refractivity contribution in [3.8, 4) is 0 Å². The maximum atomic E-state index is 12.6. The summed E-state index contributed by atoms with van der Waals surface area (Å²) in [6.45, 7) is 3.32. The Bertz CT molecular complexity index is 702. The summed E-state index contributed by atoms with van der Waals surface area (Å²) in [7, 11) is 1.64. The van der Waals surface area contributed by atoms with Crippen molar-refractivity contribution in [3.63, 3.8) is 0 Å². The number of rotatable bonds is 7. The number of nitro groups is 1. The first-order valence-corrected chi connectivity index (χ1v) is 9.20. The smallest absolute Gasteiger partial charge is 0.352 e. The molecule has 0 bridgehead atoms. The number of hydrogen-bond acceptors (Lipinski definition) is 4. The minimum atomic E-state index is -4.19. The summed E-state index contributed by atoms with van der Waals surface area (Å²) in [6, 6.07) is 6.35. The van der Waals surface area contributed by atoms with E-state index in [4.69, 9.17) is 0 Å². The number of non-ortho nitro benzene ring substituents is 1. The molecule has 1 aromatic rings.